The highest BCUT2D eigenvalue weighted by atomic mass is 16.1. The molecule has 5 nitrogen and oxygen atoms in total. The molecule has 1 aliphatic rings. The summed E-state index contributed by atoms with van der Waals surface area (Å²) >= 11 is 0. The Kier molecular flexibility index (Phi) is 4.93. The van der Waals surface area contributed by atoms with Gasteiger partial charge in [0.05, 0.1) is 0 Å². The van der Waals surface area contributed by atoms with E-state index in [2.05, 4.69) is 20.2 Å². The average Bonchev–Trinajstić information content (AvgIpc) is 2.38. The number of nitrogens with one attached hydrogen (secondary N) is 1. The molecule has 1 atom stereocenters. The van der Waals surface area contributed by atoms with Crippen LogP contribution in [-0.4, -0.2) is 35.0 Å². The van der Waals surface area contributed by atoms with Crippen LogP contribution in [0.3, 0.4) is 0 Å². The van der Waals surface area contributed by atoms with Crippen LogP contribution in [0.2, 0.25) is 0 Å². The number of carbonyl (C=O) groups is 1. The molecule has 1 aliphatic heterocycles. The molecule has 1 amide bonds. The lowest BCUT2D eigenvalue weighted by atomic mass is 10.1. The molecule has 1 N–H and O–H groups in total. The molecular weight excluding hydrogens is 252 g/mol. The van der Waals surface area contributed by atoms with Crippen LogP contribution < -0.4 is 10.2 Å². The zero-order valence-electron chi connectivity index (χ0n) is 12.6. The number of amides is 1. The Morgan fingerprint density at radius 3 is 2.95 bits per heavy atom. The summed E-state index contributed by atoms with van der Waals surface area (Å²) in [4.78, 5) is 22.8. The third kappa shape index (κ3) is 3.92. The molecule has 0 aliphatic carbocycles. The summed E-state index contributed by atoms with van der Waals surface area (Å²) in [5, 5.41) is 3.12. The largest absolute Gasteiger partial charge is 0.354 e. The van der Waals surface area contributed by atoms with Crippen LogP contribution in [0.4, 0.5) is 5.82 Å². The maximum atomic E-state index is 11.7. The van der Waals surface area contributed by atoms with Gasteiger partial charge in [0.15, 0.2) is 0 Å². The molecule has 2 heterocycles. The van der Waals surface area contributed by atoms with Gasteiger partial charge in [-0.25, -0.2) is 9.97 Å². The SMILES string of the molecule is CCCC(=O)NC1CCCN(c2cc(C)nc(C)n2)C1. The molecular formula is C15H24N4O. The Morgan fingerprint density at radius 1 is 1.45 bits per heavy atom. The average molecular weight is 276 g/mol. The first-order chi connectivity index (χ1) is 9.58. The van der Waals surface area contributed by atoms with Gasteiger partial charge in [0.2, 0.25) is 5.91 Å². The molecule has 1 aromatic heterocycles. The third-order valence-electron chi connectivity index (χ3n) is 3.54. The second kappa shape index (κ2) is 6.68. The van der Waals surface area contributed by atoms with E-state index in [0.29, 0.717) is 6.42 Å². The van der Waals surface area contributed by atoms with Crippen molar-refractivity contribution < 1.29 is 4.79 Å². The van der Waals surface area contributed by atoms with Crippen LogP contribution in [0.5, 0.6) is 0 Å². The third-order valence-corrected chi connectivity index (χ3v) is 3.54. The summed E-state index contributed by atoms with van der Waals surface area (Å²) in [5.41, 5.74) is 0.990. The van der Waals surface area contributed by atoms with E-state index in [-0.39, 0.29) is 11.9 Å². The number of piperidine rings is 1. The summed E-state index contributed by atoms with van der Waals surface area (Å²) in [6, 6.07) is 2.25. The van der Waals surface area contributed by atoms with Crippen molar-refractivity contribution in [1.29, 1.82) is 0 Å². The van der Waals surface area contributed by atoms with Crippen molar-refractivity contribution in [2.45, 2.75) is 52.5 Å². The number of rotatable bonds is 4. The standard InChI is InChI=1S/C15H24N4O/c1-4-6-15(20)18-13-7-5-8-19(10-13)14-9-11(2)16-12(3)17-14/h9,13H,4-8,10H2,1-3H3,(H,18,20). The van der Waals surface area contributed by atoms with Crippen LogP contribution >= 0.6 is 0 Å². The fraction of sp³-hybridized carbons (Fsp3) is 0.667. The van der Waals surface area contributed by atoms with Gasteiger partial charge in [-0.05, 0) is 33.1 Å². The number of hydrogen-bond acceptors (Lipinski definition) is 4. The molecule has 5 heteroatoms. The molecule has 2 rings (SSSR count). The number of aromatic nitrogens is 2. The van der Waals surface area contributed by atoms with Gasteiger partial charge in [-0.2, -0.15) is 0 Å². The van der Waals surface area contributed by atoms with E-state index in [1.807, 2.05) is 26.8 Å². The maximum absolute atomic E-state index is 11.7. The van der Waals surface area contributed by atoms with Crippen molar-refractivity contribution in [2.24, 2.45) is 0 Å². The molecule has 20 heavy (non-hydrogen) atoms. The van der Waals surface area contributed by atoms with E-state index in [4.69, 9.17) is 0 Å². The summed E-state index contributed by atoms with van der Waals surface area (Å²) in [5.74, 6) is 1.94. The number of nitrogens with zero attached hydrogens (tertiary/aromatic N) is 3. The lowest BCUT2D eigenvalue weighted by Gasteiger charge is -2.34. The van der Waals surface area contributed by atoms with Crippen molar-refractivity contribution in [1.82, 2.24) is 15.3 Å². The summed E-state index contributed by atoms with van der Waals surface area (Å²) in [6.45, 7) is 7.77. The van der Waals surface area contributed by atoms with Crippen LogP contribution in [0, 0.1) is 13.8 Å². The Balaban J connectivity index is 2.01. The zero-order chi connectivity index (χ0) is 14.5. The topological polar surface area (TPSA) is 58.1 Å². The Morgan fingerprint density at radius 2 is 2.25 bits per heavy atom. The first-order valence-corrected chi connectivity index (χ1v) is 7.45. The molecule has 1 saturated heterocycles. The second-order valence-electron chi connectivity index (χ2n) is 5.52. The Labute approximate surface area is 120 Å². The van der Waals surface area contributed by atoms with Crippen molar-refractivity contribution in [2.75, 3.05) is 18.0 Å². The van der Waals surface area contributed by atoms with Gasteiger partial charge >= 0.3 is 0 Å². The highest BCUT2D eigenvalue weighted by Gasteiger charge is 2.22. The molecule has 1 aromatic rings. The number of anilines is 1. The maximum Gasteiger partial charge on any atom is 0.220 e. The van der Waals surface area contributed by atoms with Gasteiger partial charge < -0.3 is 10.2 Å². The van der Waals surface area contributed by atoms with Crippen LogP contribution in [0.1, 0.15) is 44.1 Å². The summed E-state index contributed by atoms with van der Waals surface area (Å²) < 4.78 is 0. The lowest BCUT2D eigenvalue weighted by molar-refractivity contribution is -0.121. The quantitative estimate of drug-likeness (QED) is 0.913. The molecule has 1 unspecified atom stereocenters. The van der Waals surface area contributed by atoms with Crippen molar-refractivity contribution >= 4 is 11.7 Å². The van der Waals surface area contributed by atoms with E-state index in [1.165, 1.54) is 0 Å². The van der Waals surface area contributed by atoms with Gasteiger partial charge in [0, 0.05) is 37.3 Å². The van der Waals surface area contributed by atoms with E-state index in [1.54, 1.807) is 0 Å². The molecule has 0 spiro atoms. The van der Waals surface area contributed by atoms with Crippen molar-refractivity contribution in [3.05, 3.63) is 17.6 Å². The van der Waals surface area contributed by atoms with Gasteiger partial charge in [-0.15, -0.1) is 0 Å². The highest BCUT2D eigenvalue weighted by molar-refractivity contribution is 5.76. The molecule has 0 bridgehead atoms. The second-order valence-corrected chi connectivity index (χ2v) is 5.52. The Hall–Kier alpha value is -1.65. The van der Waals surface area contributed by atoms with Crippen LogP contribution in [-0.2, 0) is 4.79 Å². The normalized spacial score (nSPS) is 18.9. The lowest BCUT2D eigenvalue weighted by Crippen LogP contribution is -2.48. The first kappa shape index (κ1) is 14.8. The molecule has 0 saturated carbocycles. The zero-order valence-corrected chi connectivity index (χ0v) is 12.6. The van der Waals surface area contributed by atoms with Crippen molar-refractivity contribution in [3.8, 4) is 0 Å². The highest BCUT2D eigenvalue weighted by Crippen LogP contribution is 2.18. The van der Waals surface area contributed by atoms with E-state index < -0.39 is 0 Å². The van der Waals surface area contributed by atoms with E-state index in [0.717, 1.165) is 49.7 Å². The first-order valence-electron chi connectivity index (χ1n) is 7.45. The van der Waals surface area contributed by atoms with Gasteiger partial charge in [-0.1, -0.05) is 6.92 Å². The Bertz CT molecular complexity index is 455. The summed E-state index contributed by atoms with van der Waals surface area (Å²) in [6.07, 6.45) is 3.64. The van der Waals surface area contributed by atoms with Crippen molar-refractivity contribution in [3.63, 3.8) is 0 Å². The summed E-state index contributed by atoms with van der Waals surface area (Å²) in [7, 11) is 0. The van der Waals surface area contributed by atoms with E-state index >= 15 is 0 Å². The van der Waals surface area contributed by atoms with Gasteiger partial charge in [0.1, 0.15) is 11.6 Å². The number of carbonyl (C=O) groups excluding carboxylic acids is 1. The number of aryl methyl sites for hydroxylation is 2. The van der Waals surface area contributed by atoms with Gasteiger partial charge in [-0.3, -0.25) is 4.79 Å². The minimum absolute atomic E-state index is 0.161. The van der Waals surface area contributed by atoms with Crippen LogP contribution in [0.15, 0.2) is 6.07 Å². The molecule has 110 valence electrons. The van der Waals surface area contributed by atoms with Crippen LogP contribution in [0.25, 0.3) is 0 Å². The minimum atomic E-state index is 0.161. The fourth-order valence-electron chi connectivity index (χ4n) is 2.69. The predicted octanol–water partition coefficient (Wildman–Crippen LogP) is 1.98. The molecule has 1 fully saturated rings. The van der Waals surface area contributed by atoms with E-state index in [9.17, 15) is 4.79 Å². The fourth-order valence-corrected chi connectivity index (χ4v) is 2.69. The minimum Gasteiger partial charge on any atom is -0.354 e. The predicted molar refractivity (Wildman–Crippen MR) is 79.8 cm³/mol. The smallest absolute Gasteiger partial charge is 0.220 e. The molecule has 0 aromatic carbocycles. The number of hydrogen-bond donors (Lipinski definition) is 1. The van der Waals surface area contributed by atoms with Gasteiger partial charge in [0.25, 0.3) is 0 Å². The monoisotopic (exact) mass is 276 g/mol. The molecule has 0 radical (unpaired) electrons.